The molecule has 6 heteroatoms. The third-order valence-electron chi connectivity index (χ3n) is 4.32. The smallest absolute Gasteiger partial charge is 0.313 e. The molecule has 1 unspecified atom stereocenters. The number of hydrogen-bond donors (Lipinski definition) is 0. The lowest BCUT2D eigenvalue weighted by Crippen LogP contribution is -2.28. The molecule has 0 radical (unpaired) electrons. The summed E-state index contributed by atoms with van der Waals surface area (Å²) < 4.78 is 5.38. The van der Waals surface area contributed by atoms with E-state index in [-0.39, 0.29) is 30.1 Å². The van der Waals surface area contributed by atoms with Gasteiger partial charge in [-0.1, -0.05) is 44.2 Å². The van der Waals surface area contributed by atoms with E-state index in [0.29, 0.717) is 12.2 Å². The molecule has 0 aliphatic rings. The molecule has 142 valence electrons. The number of likely N-dealkylation sites (N-methyl/N-ethyl adjacent to an activating group) is 1. The standard InChI is InChI=1S/C20H25NO3S.ClH/c1-4-21(5-2)12-13-24-20(23)15(3)16-8-10-17(11-9-16)19(22)18-7-6-14-25-18;/h6-11,14-15H,4-5,12-13H2,1-3H3;1H. The number of halogens is 1. The van der Waals surface area contributed by atoms with E-state index in [9.17, 15) is 9.59 Å². The molecule has 2 aromatic rings. The van der Waals surface area contributed by atoms with Gasteiger partial charge in [-0.05, 0) is 37.0 Å². The molecule has 2 rings (SSSR count). The molecule has 0 saturated carbocycles. The Morgan fingerprint density at radius 2 is 1.77 bits per heavy atom. The van der Waals surface area contributed by atoms with E-state index in [4.69, 9.17) is 4.74 Å². The molecule has 0 amide bonds. The van der Waals surface area contributed by atoms with Gasteiger partial charge in [-0.2, -0.15) is 0 Å². The van der Waals surface area contributed by atoms with Gasteiger partial charge in [0.15, 0.2) is 0 Å². The molecule has 1 heterocycles. The maximum absolute atomic E-state index is 12.3. The lowest BCUT2D eigenvalue weighted by molar-refractivity contribution is -0.145. The third kappa shape index (κ3) is 5.94. The first kappa shape index (κ1) is 22.4. The van der Waals surface area contributed by atoms with Crippen molar-refractivity contribution in [2.75, 3.05) is 26.2 Å². The van der Waals surface area contributed by atoms with E-state index in [1.807, 2.05) is 36.6 Å². The van der Waals surface area contributed by atoms with Crippen molar-refractivity contribution in [1.82, 2.24) is 4.90 Å². The molecular weight excluding hydrogens is 370 g/mol. The fourth-order valence-corrected chi connectivity index (χ4v) is 3.24. The van der Waals surface area contributed by atoms with Gasteiger partial charge in [-0.3, -0.25) is 9.59 Å². The average molecular weight is 396 g/mol. The van der Waals surface area contributed by atoms with Gasteiger partial charge >= 0.3 is 5.97 Å². The zero-order valence-electron chi connectivity index (χ0n) is 15.4. The summed E-state index contributed by atoms with van der Waals surface area (Å²) in [5.41, 5.74) is 1.49. The largest absolute Gasteiger partial charge is 0.464 e. The summed E-state index contributed by atoms with van der Waals surface area (Å²) in [6.07, 6.45) is 0. The minimum absolute atomic E-state index is 0. The number of ketones is 1. The van der Waals surface area contributed by atoms with E-state index in [2.05, 4.69) is 18.7 Å². The second-order valence-corrected chi connectivity index (χ2v) is 6.79. The number of hydrogen-bond acceptors (Lipinski definition) is 5. The summed E-state index contributed by atoms with van der Waals surface area (Å²) in [4.78, 5) is 27.4. The molecule has 0 aliphatic carbocycles. The van der Waals surface area contributed by atoms with Crippen molar-refractivity contribution >= 4 is 35.5 Å². The first-order valence-electron chi connectivity index (χ1n) is 8.64. The second kappa shape index (κ2) is 11.1. The second-order valence-electron chi connectivity index (χ2n) is 5.84. The summed E-state index contributed by atoms with van der Waals surface area (Å²) in [6.45, 7) is 9.06. The van der Waals surface area contributed by atoms with Crippen molar-refractivity contribution in [3.63, 3.8) is 0 Å². The predicted octanol–water partition coefficient (Wildman–Crippen LogP) is 4.39. The van der Waals surface area contributed by atoms with Crippen LogP contribution in [0.2, 0.25) is 0 Å². The highest BCUT2D eigenvalue weighted by molar-refractivity contribution is 7.12. The molecule has 0 fully saturated rings. The number of benzene rings is 1. The first-order valence-corrected chi connectivity index (χ1v) is 9.51. The van der Waals surface area contributed by atoms with Gasteiger partial charge in [-0.25, -0.2) is 0 Å². The van der Waals surface area contributed by atoms with Crippen LogP contribution < -0.4 is 0 Å². The van der Waals surface area contributed by atoms with Crippen molar-refractivity contribution in [3.05, 3.63) is 57.8 Å². The molecule has 0 aliphatic heterocycles. The van der Waals surface area contributed by atoms with Gasteiger partial charge in [0.2, 0.25) is 5.78 Å². The Balaban J connectivity index is 0.00000338. The predicted molar refractivity (Wildman–Crippen MR) is 109 cm³/mol. The Labute approximate surface area is 165 Å². The van der Waals surface area contributed by atoms with Crippen molar-refractivity contribution < 1.29 is 14.3 Å². The normalized spacial score (nSPS) is 11.7. The lowest BCUT2D eigenvalue weighted by Gasteiger charge is -2.18. The van der Waals surface area contributed by atoms with Crippen LogP contribution >= 0.6 is 23.7 Å². The van der Waals surface area contributed by atoms with Crippen LogP contribution in [0.4, 0.5) is 0 Å². The third-order valence-corrected chi connectivity index (χ3v) is 5.19. The highest BCUT2D eigenvalue weighted by Gasteiger charge is 2.18. The summed E-state index contributed by atoms with van der Waals surface area (Å²) >= 11 is 1.43. The van der Waals surface area contributed by atoms with Crippen molar-refractivity contribution in [3.8, 4) is 0 Å². The monoisotopic (exact) mass is 395 g/mol. The van der Waals surface area contributed by atoms with Gasteiger partial charge in [0, 0.05) is 12.1 Å². The molecule has 0 N–H and O–H groups in total. The number of ether oxygens (including phenoxy) is 1. The maximum Gasteiger partial charge on any atom is 0.313 e. The molecular formula is C20H26ClNO3S. The minimum Gasteiger partial charge on any atom is -0.464 e. The number of thiophene rings is 1. The molecule has 1 atom stereocenters. The number of rotatable bonds is 9. The van der Waals surface area contributed by atoms with E-state index < -0.39 is 0 Å². The topological polar surface area (TPSA) is 46.6 Å². The van der Waals surface area contributed by atoms with Crippen molar-refractivity contribution in [2.45, 2.75) is 26.7 Å². The van der Waals surface area contributed by atoms with Crippen LogP contribution in [-0.2, 0) is 9.53 Å². The summed E-state index contributed by atoms with van der Waals surface area (Å²) in [5, 5.41) is 1.89. The molecule has 26 heavy (non-hydrogen) atoms. The van der Waals surface area contributed by atoms with Crippen molar-refractivity contribution in [1.29, 1.82) is 0 Å². The van der Waals surface area contributed by atoms with Gasteiger partial charge < -0.3 is 9.64 Å². The van der Waals surface area contributed by atoms with Crippen LogP contribution in [-0.4, -0.2) is 42.9 Å². The zero-order valence-corrected chi connectivity index (χ0v) is 17.1. The number of carbonyl (C=O) groups is 2. The summed E-state index contributed by atoms with van der Waals surface area (Å²) in [6, 6.07) is 10.9. The Hall–Kier alpha value is -1.69. The van der Waals surface area contributed by atoms with E-state index in [0.717, 1.165) is 30.1 Å². The van der Waals surface area contributed by atoms with Crippen LogP contribution in [0.25, 0.3) is 0 Å². The van der Waals surface area contributed by atoms with Crippen LogP contribution in [0, 0.1) is 0 Å². The van der Waals surface area contributed by atoms with Crippen LogP contribution in [0.3, 0.4) is 0 Å². The maximum atomic E-state index is 12.3. The van der Waals surface area contributed by atoms with Crippen LogP contribution in [0.5, 0.6) is 0 Å². The quantitative estimate of drug-likeness (QED) is 0.466. The van der Waals surface area contributed by atoms with E-state index in [1.165, 1.54) is 11.3 Å². The Kier molecular flexibility index (Phi) is 9.55. The number of nitrogens with zero attached hydrogens (tertiary/aromatic N) is 1. The molecule has 0 bridgehead atoms. The SMILES string of the molecule is CCN(CC)CCOC(=O)C(C)c1ccc(C(=O)c2cccs2)cc1.Cl. The molecule has 1 aromatic heterocycles. The molecule has 0 spiro atoms. The Bertz CT molecular complexity index is 682. The Morgan fingerprint density at radius 3 is 2.31 bits per heavy atom. The van der Waals surface area contributed by atoms with Crippen LogP contribution in [0.1, 0.15) is 47.5 Å². The zero-order chi connectivity index (χ0) is 18.2. The van der Waals surface area contributed by atoms with Crippen LogP contribution in [0.15, 0.2) is 41.8 Å². The average Bonchev–Trinajstić information content (AvgIpc) is 3.18. The van der Waals surface area contributed by atoms with E-state index >= 15 is 0 Å². The van der Waals surface area contributed by atoms with E-state index in [1.54, 1.807) is 12.1 Å². The Morgan fingerprint density at radius 1 is 1.12 bits per heavy atom. The fraction of sp³-hybridized carbons (Fsp3) is 0.400. The number of carbonyl (C=O) groups excluding carboxylic acids is 2. The molecule has 0 saturated heterocycles. The lowest BCUT2D eigenvalue weighted by atomic mass is 9.98. The van der Waals surface area contributed by atoms with Crippen molar-refractivity contribution in [2.24, 2.45) is 0 Å². The van der Waals surface area contributed by atoms with Gasteiger partial charge in [0.05, 0.1) is 10.8 Å². The minimum atomic E-state index is -0.345. The first-order chi connectivity index (χ1) is 12.1. The molecule has 1 aromatic carbocycles. The van der Waals surface area contributed by atoms with Gasteiger partial charge in [-0.15, -0.1) is 23.7 Å². The summed E-state index contributed by atoms with van der Waals surface area (Å²) in [5.74, 6) is -0.567. The molecule has 4 nitrogen and oxygen atoms in total. The van der Waals surface area contributed by atoms with Gasteiger partial charge in [0.1, 0.15) is 6.61 Å². The highest BCUT2D eigenvalue weighted by Crippen LogP contribution is 2.20. The summed E-state index contributed by atoms with van der Waals surface area (Å²) in [7, 11) is 0. The van der Waals surface area contributed by atoms with Gasteiger partial charge in [0.25, 0.3) is 0 Å². The fourth-order valence-electron chi connectivity index (χ4n) is 2.55. The number of esters is 1. The highest BCUT2D eigenvalue weighted by atomic mass is 35.5.